The molecular weight excluding hydrogens is 248 g/mol. The molecule has 108 valence electrons. The van der Waals surface area contributed by atoms with Gasteiger partial charge in [-0.1, -0.05) is 40.2 Å². The van der Waals surface area contributed by atoms with E-state index in [0.29, 0.717) is 0 Å². The van der Waals surface area contributed by atoms with Crippen molar-refractivity contribution in [2.75, 3.05) is 0 Å². The minimum atomic E-state index is -1.56. The quantitative estimate of drug-likeness (QED) is 0.586. The van der Waals surface area contributed by atoms with Crippen LogP contribution in [-0.2, 0) is 6.42 Å². The maximum absolute atomic E-state index is 6.59. The second kappa shape index (κ2) is 7.13. The van der Waals surface area contributed by atoms with Gasteiger partial charge in [-0.15, -0.1) is 0 Å². The molecular formula is C17H30OSi. The van der Waals surface area contributed by atoms with E-state index in [4.69, 9.17) is 4.43 Å². The smallest absolute Gasteiger partial charge is 0.250 e. The zero-order chi connectivity index (χ0) is 14.5. The summed E-state index contributed by atoms with van der Waals surface area (Å²) in [6, 6.07) is 8.22. The first-order chi connectivity index (χ1) is 9.01. The van der Waals surface area contributed by atoms with Gasteiger partial charge >= 0.3 is 0 Å². The van der Waals surface area contributed by atoms with Crippen LogP contribution in [0.4, 0.5) is 0 Å². The monoisotopic (exact) mass is 278 g/mol. The van der Waals surface area contributed by atoms with Crippen LogP contribution < -0.4 is 4.43 Å². The van der Waals surface area contributed by atoms with Crippen molar-refractivity contribution in [1.82, 2.24) is 0 Å². The van der Waals surface area contributed by atoms with Crippen LogP contribution in [0.2, 0.25) is 18.1 Å². The Balaban J connectivity index is 3.11. The average Bonchev–Trinajstić information content (AvgIpc) is 2.42. The number of aryl methyl sites for hydroxylation is 2. The minimum absolute atomic E-state index is 1.15. The SMILES string of the molecule is CCCc1cc(C)c(C)c(O[Si](CC)(CC)CC)c1. The largest absolute Gasteiger partial charge is 0.543 e. The van der Waals surface area contributed by atoms with Gasteiger partial charge in [0.05, 0.1) is 0 Å². The molecule has 0 radical (unpaired) electrons. The molecule has 0 N–H and O–H groups in total. The molecule has 1 aromatic rings. The van der Waals surface area contributed by atoms with Gasteiger partial charge in [0.15, 0.2) is 0 Å². The highest BCUT2D eigenvalue weighted by molar-refractivity contribution is 6.74. The van der Waals surface area contributed by atoms with Crippen molar-refractivity contribution < 1.29 is 4.43 Å². The number of benzene rings is 1. The zero-order valence-electron chi connectivity index (χ0n) is 13.6. The lowest BCUT2D eigenvalue weighted by Gasteiger charge is -2.30. The van der Waals surface area contributed by atoms with E-state index in [1.807, 2.05) is 0 Å². The summed E-state index contributed by atoms with van der Waals surface area (Å²) in [5.41, 5.74) is 4.12. The number of rotatable bonds is 7. The maximum atomic E-state index is 6.59. The highest BCUT2D eigenvalue weighted by atomic mass is 28.4. The molecule has 0 aliphatic rings. The fraction of sp³-hybridized carbons (Fsp3) is 0.647. The summed E-state index contributed by atoms with van der Waals surface area (Å²) in [6.45, 7) is 13.5. The second-order valence-corrected chi connectivity index (χ2v) is 10.3. The normalized spacial score (nSPS) is 11.7. The predicted molar refractivity (Wildman–Crippen MR) is 87.7 cm³/mol. The third kappa shape index (κ3) is 3.85. The molecule has 0 spiro atoms. The van der Waals surface area contributed by atoms with Gasteiger partial charge in [-0.2, -0.15) is 0 Å². The van der Waals surface area contributed by atoms with E-state index in [2.05, 4.69) is 53.7 Å². The summed E-state index contributed by atoms with van der Waals surface area (Å²) in [5.74, 6) is 1.15. The third-order valence-corrected chi connectivity index (χ3v) is 9.00. The molecule has 2 heteroatoms. The highest BCUT2D eigenvalue weighted by Gasteiger charge is 2.31. The van der Waals surface area contributed by atoms with Crippen LogP contribution in [0, 0.1) is 13.8 Å². The van der Waals surface area contributed by atoms with Crippen molar-refractivity contribution in [3.63, 3.8) is 0 Å². The maximum Gasteiger partial charge on any atom is 0.250 e. The Hall–Kier alpha value is -0.763. The summed E-state index contributed by atoms with van der Waals surface area (Å²) in [5, 5.41) is 0. The van der Waals surface area contributed by atoms with Crippen molar-refractivity contribution in [3.8, 4) is 5.75 Å². The lowest BCUT2D eigenvalue weighted by Crippen LogP contribution is -2.39. The highest BCUT2D eigenvalue weighted by Crippen LogP contribution is 2.30. The molecule has 0 aromatic heterocycles. The van der Waals surface area contributed by atoms with Crippen LogP contribution >= 0.6 is 0 Å². The van der Waals surface area contributed by atoms with Crippen molar-refractivity contribution in [1.29, 1.82) is 0 Å². The Kier molecular flexibility index (Phi) is 6.12. The molecule has 0 fully saturated rings. The summed E-state index contributed by atoms with van der Waals surface area (Å²) in [6.07, 6.45) is 2.34. The number of hydrogen-bond donors (Lipinski definition) is 0. The van der Waals surface area contributed by atoms with E-state index in [1.54, 1.807) is 0 Å². The van der Waals surface area contributed by atoms with Gasteiger partial charge < -0.3 is 4.43 Å². The fourth-order valence-electron chi connectivity index (χ4n) is 2.64. The molecule has 0 heterocycles. The van der Waals surface area contributed by atoms with E-state index in [1.165, 1.54) is 41.2 Å². The second-order valence-electron chi connectivity index (χ2n) is 5.63. The lowest BCUT2D eigenvalue weighted by atomic mass is 10.0. The topological polar surface area (TPSA) is 9.23 Å². The molecule has 0 saturated heterocycles. The van der Waals surface area contributed by atoms with Gasteiger partial charge in [0.1, 0.15) is 5.75 Å². The van der Waals surface area contributed by atoms with Crippen molar-refractivity contribution in [3.05, 3.63) is 28.8 Å². The minimum Gasteiger partial charge on any atom is -0.543 e. The predicted octanol–water partition coefficient (Wildman–Crippen LogP) is 5.64. The Bertz CT molecular complexity index is 400. The average molecular weight is 279 g/mol. The van der Waals surface area contributed by atoms with Crippen molar-refractivity contribution in [2.45, 2.75) is 72.5 Å². The summed E-state index contributed by atoms with van der Waals surface area (Å²) < 4.78 is 6.59. The molecule has 0 saturated carbocycles. The van der Waals surface area contributed by atoms with E-state index in [0.717, 1.165) is 12.2 Å². The first kappa shape index (κ1) is 16.3. The van der Waals surface area contributed by atoms with Crippen LogP contribution in [0.25, 0.3) is 0 Å². The van der Waals surface area contributed by atoms with E-state index >= 15 is 0 Å². The molecule has 1 nitrogen and oxygen atoms in total. The molecule has 1 aromatic carbocycles. The molecule has 0 aliphatic heterocycles. The van der Waals surface area contributed by atoms with Crippen molar-refractivity contribution >= 4 is 8.32 Å². The Morgan fingerprint density at radius 2 is 1.53 bits per heavy atom. The molecule has 0 unspecified atom stereocenters. The summed E-state index contributed by atoms with van der Waals surface area (Å²) >= 11 is 0. The third-order valence-electron chi connectivity index (χ3n) is 4.48. The van der Waals surface area contributed by atoms with Gasteiger partial charge in [0.2, 0.25) is 8.32 Å². The molecule has 1 rings (SSSR count). The van der Waals surface area contributed by atoms with Crippen LogP contribution in [0.15, 0.2) is 12.1 Å². The van der Waals surface area contributed by atoms with Crippen LogP contribution in [0.1, 0.15) is 50.8 Å². The summed E-state index contributed by atoms with van der Waals surface area (Å²) in [7, 11) is -1.56. The lowest BCUT2D eigenvalue weighted by molar-refractivity contribution is 0.526. The van der Waals surface area contributed by atoms with E-state index < -0.39 is 8.32 Å². The molecule has 19 heavy (non-hydrogen) atoms. The van der Waals surface area contributed by atoms with Crippen LogP contribution in [0.3, 0.4) is 0 Å². The van der Waals surface area contributed by atoms with Gasteiger partial charge in [-0.25, -0.2) is 0 Å². The van der Waals surface area contributed by atoms with Gasteiger partial charge in [0.25, 0.3) is 0 Å². The molecule has 0 bridgehead atoms. The van der Waals surface area contributed by atoms with Crippen LogP contribution in [0.5, 0.6) is 5.75 Å². The molecule has 0 aliphatic carbocycles. The molecule has 0 atom stereocenters. The molecule has 0 amide bonds. The van der Waals surface area contributed by atoms with E-state index in [9.17, 15) is 0 Å². The standard InChI is InChI=1S/C17H30OSi/c1-7-11-16-12-14(5)15(6)17(13-16)18-19(8-2,9-3)10-4/h12-13H,7-11H2,1-6H3. The number of hydrogen-bond acceptors (Lipinski definition) is 1. The zero-order valence-corrected chi connectivity index (χ0v) is 14.6. The summed E-state index contributed by atoms with van der Waals surface area (Å²) in [4.78, 5) is 0. The fourth-order valence-corrected chi connectivity index (χ4v) is 5.25. The van der Waals surface area contributed by atoms with Gasteiger partial charge in [-0.05, 0) is 61.2 Å². The Morgan fingerprint density at radius 1 is 0.947 bits per heavy atom. The Labute approximate surface area is 120 Å². The van der Waals surface area contributed by atoms with Crippen LogP contribution in [-0.4, -0.2) is 8.32 Å². The van der Waals surface area contributed by atoms with Gasteiger partial charge in [0, 0.05) is 0 Å². The van der Waals surface area contributed by atoms with Gasteiger partial charge in [-0.3, -0.25) is 0 Å². The Morgan fingerprint density at radius 3 is 2.00 bits per heavy atom. The first-order valence-corrected chi connectivity index (χ1v) is 10.3. The van der Waals surface area contributed by atoms with Crippen molar-refractivity contribution in [2.24, 2.45) is 0 Å². The first-order valence-electron chi connectivity index (χ1n) is 7.81. The van der Waals surface area contributed by atoms with E-state index in [-0.39, 0.29) is 0 Å².